The van der Waals surface area contributed by atoms with Crippen molar-refractivity contribution in [3.05, 3.63) is 54.7 Å². The van der Waals surface area contributed by atoms with E-state index in [1.807, 2.05) is 59.6 Å². The van der Waals surface area contributed by atoms with Gasteiger partial charge in [-0.15, -0.1) is 0 Å². The van der Waals surface area contributed by atoms with Crippen molar-refractivity contribution in [2.24, 2.45) is 5.92 Å². The topological polar surface area (TPSA) is 68.8 Å². The zero-order valence-electron chi connectivity index (χ0n) is 17.2. The highest BCUT2D eigenvalue weighted by atomic mass is 16.2. The number of rotatable bonds is 5. The number of benzene rings is 1. The van der Waals surface area contributed by atoms with Crippen LogP contribution in [0.4, 0.5) is 11.5 Å². The lowest BCUT2D eigenvalue weighted by atomic mass is 9.97. The van der Waals surface area contributed by atoms with Gasteiger partial charge in [0.05, 0.1) is 12.5 Å². The lowest BCUT2D eigenvalue weighted by molar-refractivity contribution is -0.135. The Bertz CT molecular complexity index is 837. The van der Waals surface area contributed by atoms with Crippen molar-refractivity contribution in [2.75, 3.05) is 56.0 Å². The summed E-state index contributed by atoms with van der Waals surface area (Å²) in [6, 6.07) is 15.4. The highest BCUT2D eigenvalue weighted by Crippen LogP contribution is 2.20. The molecule has 2 amide bonds. The minimum Gasteiger partial charge on any atom is -0.354 e. The van der Waals surface area contributed by atoms with Crippen molar-refractivity contribution in [2.45, 2.75) is 12.8 Å². The number of hydrogen-bond acceptors (Lipinski definition) is 5. The number of piperidine rings is 1. The van der Waals surface area contributed by atoms with Gasteiger partial charge >= 0.3 is 0 Å². The monoisotopic (exact) mass is 407 g/mol. The van der Waals surface area contributed by atoms with Crippen LogP contribution in [0.25, 0.3) is 0 Å². The van der Waals surface area contributed by atoms with Gasteiger partial charge in [0.15, 0.2) is 0 Å². The molecule has 2 fully saturated rings. The number of likely N-dealkylation sites (tertiary alicyclic amines) is 1. The molecule has 158 valence electrons. The molecule has 30 heavy (non-hydrogen) atoms. The predicted octanol–water partition coefficient (Wildman–Crippen LogP) is 2.08. The number of anilines is 2. The maximum absolute atomic E-state index is 12.9. The number of carbonyl (C=O) groups is 2. The van der Waals surface area contributed by atoms with Crippen LogP contribution in [0.15, 0.2) is 54.7 Å². The molecule has 2 aliphatic rings. The molecule has 1 N–H and O–H groups in total. The van der Waals surface area contributed by atoms with E-state index in [0.29, 0.717) is 13.1 Å². The zero-order chi connectivity index (χ0) is 20.8. The van der Waals surface area contributed by atoms with Gasteiger partial charge in [-0.3, -0.25) is 14.5 Å². The summed E-state index contributed by atoms with van der Waals surface area (Å²) in [5.41, 5.74) is 0.803. The van der Waals surface area contributed by atoms with Gasteiger partial charge in [-0.2, -0.15) is 0 Å². The van der Waals surface area contributed by atoms with E-state index in [1.54, 1.807) is 0 Å². The maximum Gasteiger partial charge on any atom is 0.236 e. The number of piperazine rings is 1. The minimum absolute atomic E-state index is 0.00248. The molecule has 0 radical (unpaired) electrons. The summed E-state index contributed by atoms with van der Waals surface area (Å²) in [4.78, 5) is 36.2. The number of nitrogens with one attached hydrogen (secondary N) is 1. The summed E-state index contributed by atoms with van der Waals surface area (Å²) < 4.78 is 0. The Labute approximate surface area is 177 Å². The molecule has 4 rings (SSSR count). The fraction of sp³-hybridized carbons (Fsp3) is 0.435. The van der Waals surface area contributed by atoms with Gasteiger partial charge in [0.1, 0.15) is 5.82 Å². The number of carbonyl (C=O) groups excluding carboxylic acids is 2. The van der Waals surface area contributed by atoms with Crippen LogP contribution >= 0.6 is 0 Å². The van der Waals surface area contributed by atoms with Crippen molar-refractivity contribution in [3.63, 3.8) is 0 Å². The summed E-state index contributed by atoms with van der Waals surface area (Å²) in [7, 11) is 0. The number of aromatic nitrogens is 1. The molecule has 2 aromatic rings. The van der Waals surface area contributed by atoms with E-state index in [4.69, 9.17) is 0 Å². The van der Waals surface area contributed by atoms with Crippen molar-refractivity contribution in [1.82, 2.24) is 14.8 Å². The van der Waals surface area contributed by atoms with Crippen molar-refractivity contribution in [3.8, 4) is 0 Å². The predicted molar refractivity (Wildman–Crippen MR) is 117 cm³/mol. The van der Waals surface area contributed by atoms with Crippen LogP contribution < -0.4 is 10.2 Å². The number of para-hydroxylation sites is 1. The first-order valence-electron chi connectivity index (χ1n) is 10.7. The quantitative estimate of drug-likeness (QED) is 0.822. The molecular formula is C23H29N5O2. The summed E-state index contributed by atoms with van der Waals surface area (Å²) >= 11 is 0. The molecule has 1 atom stereocenters. The fourth-order valence-electron chi connectivity index (χ4n) is 4.15. The molecule has 7 heteroatoms. The molecule has 0 spiro atoms. The lowest BCUT2D eigenvalue weighted by Crippen LogP contribution is -2.52. The standard InChI is InChI=1S/C23H29N5O2/c29-22(18-26-13-15-27(16-14-26)21-10-4-5-11-24-21)28-12-6-7-19(17-28)23(30)25-20-8-2-1-3-9-20/h1-5,8-11,19H,6-7,12-18H2,(H,25,30). The van der Waals surface area contributed by atoms with E-state index in [2.05, 4.69) is 20.1 Å². The van der Waals surface area contributed by atoms with Crippen molar-refractivity contribution >= 4 is 23.3 Å². The molecule has 3 heterocycles. The maximum atomic E-state index is 12.9. The van der Waals surface area contributed by atoms with Crippen LogP contribution in [0, 0.1) is 5.92 Å². The van der Waals surface area contributed by atoms with Gasteiger partial charge in [0, 0.05) is 51.2 Å². The first-order valence-corrected chi connectivity index (χ1v) is 10.7. The van der Waals surface area contributed by atoms with E-state index in [-0.39, 0.29) is 17.7 Å². The van der Waals surface area contributed by atoms with E-state index in [0.717, 1.165) is 57.1 Å². The smallest absolute Gasteiger partial charge is 0.236 e. The Kier molecular flexibility index (Phi) is 6.59. The molecule has 0 saturated carbocycles. The van der Waals surface area contributed by atoms with Gasteiger partial charge in [-0.25, -0.2) is 4.98 Å². The van der Waals surface area contributed by atoms with E-state index < -0.39 is 0 Å². The third-order valence-electron chi connectivity index (χ3n) is 5.89. The molecule has 0 bridgehead atoms. The van der Waals surface area contributed by atoms with Crippen LogP contribution in [0.2, 0.25) is 0 Å². The third-order valence-corrected chi connectivity index (χ3v) is 5.89. The number of amides is 2. The Hall–Kier alpha value is -2.93. The van der Waals surface area contributed by atoms with Gasteiger partial charge < -0.3 is 15.1 Å². The highest BCUT2D eigenvalue weighted by molar-refractivity contribution is 5.93. The number of nitrogens with zero attached hydrogens (tertiary/aromatic N) is 4. The Morgan fingerprint density at radius 3 is 2.47 bits per heavy atom. The second-order valence-electron chi connectivity index (χ2n) is 7.99. The second kappa shape index (κ2) is 9.71. The molecule has 1 unspecified atom stereocenters. The molecule has 2 saturated heterocycles. The van der Waals surface area contributed by atoms with Crippen molar-refractivity contribution in [1.29, 1.82) is 0 Å². The normalized spacial score (nSPS) is 20.1. The third kappa shape index (κ3) is 5.16. The van der Waals surface area contributed by atoms with Crippen LogP contribution in [-0.4, -0.2) is 72.4 Å². The first kappa shape index (κ1) is 20.3. The van der Waals surface area contributed by atoms with Gasteiger partial charge in [0.25, 0.3) is 0 Å². The largest absolute Gasteiger partial charge is 0.354 e. The Morgan fingerprint density at radius 2 is 1.73 bits per heavy atom. The van der Waals surface area contributed by atoms with Crippen LogP contribution in [0.3, 0.4) is 0 Å². The van der Waals surface area contributed by atoms with E-state index in [9.17, 15) is 9.59 Å². The zero-order valence-corrected chi connectivity index (χ0v) is 17.2. The highest BCUT2D eigenvalue weighted by Gasteiger charge is 2.30. The van der Waals surface area contributed by atoms with Gasteiger partial charge in [0.2, 0.25) is 11.8 Å². The summed E-state index contributed by atoms with van der Waals surface area (Å²) in [6.07, 6.45) is 3.50. The van der Waals surface area contributed by atoms with E-state index >= 15 is 0 Å². The average Bonchev–Trinajstić information content (AvgIpc) is 2.81. The molecule has 1 aromatic carbocycles. The number of pyridine rings is 1. The average molecular weight is 408 g/mol. The molecule has 7 nitrogen and oxygen atoms in total. The SMILES string of the molecule is O=C(Nc1ccccc1)C1CCCN(C(=O)CN2CCN(c3ccccn3)CC2)C1. The molecule has 0 aliphatic carbocycles. The van der Waals surface area contributed by atoms with Gasteiger partial charge in [-0.1, -0.05) is 24.3 Å². The number of hydrogen-bond donors (Lipinski definition) is 1. The van der Waals surface area contributed by atoms with E-state index in [1.165, 1.54) is 0 Å². The fourth-order valence-corrected chi connectivity index (χ4v) is 4.15. The summed E-state index contributed by atoms with van der Waals surface area (Å²) in [6.45, 7) is 5.08. The second-order valence-corrected chi connectivity index (χ2v) is 7.99. The van der Waals surface area contributed by atoms with Crippen molar-refractivity contribution < 1.29 is 9.59 Å². The molecular weight excluding hydrogens is 378 g/mol. The van der Waals surface area contributed by atoms with Crippen LogP contribution in [0.1, 0.15) is 12.8 Å². The Morgan fingerprint density at radius 1 is 0.967 bits per heavy atom. The van der Waals surface area contributed by atoms with Crippen LogP contribution in [0.5, 0.6) is 0 Å². The first-order chi connectivity index (χ1) is 14.7. The Balaban J connectivity index is 1.25. The molecule has 2 aliphatic heterocycles. The summed E-state index contributed by atoms with van der Waals surface area (Å²) in [5, 5.41) is 2.97. The molecule has 1 aromatic heterocycles. The minimum atomic E-state index is -0.149. The van der Waals surface area contributed by atoms with Crippen LogP contribution in [-0.2, 0) is 9.59 Å². The summed E-state index contributed by atoms with van der Waals surface area (Å²) in [5.74, 6) is 0.969. The lowest BCUT2D eigenvalue weighted by Gasteiger charge is -2.37. The van der Waals surface area contributed by atoms with Gasteiger partial charge in [-0.05, 0) is 37.1 Å².